The summed E-state index contributed by atoms with van der Waals surface area (Å²) in [4.78, 5) is 58.9. The van der Waals surface area contributed by atoms with Crippen molar-refractivity contribution in [2.45, 2.75) is 42.7 Å². The fraction of sp³-hybridized carbons (Fsp3) is 0.471. The summed E-state index contributed by atoms with van der Waals surface area (Å²) in [5.74, 6) is -3.70. The van der Waals surface area contributed by atoms with Crippen molar-refractivity contribution in [1.82, 2.24) is 19.6 Å². The molecule has 32 heavy (non-hydrogen) atoms. The summed E-state index contributed by atoms with van der Waals surface area (Å²) in [6.07, 6.45) is 3.15. The molecule has 1 aliphatic carbocycles. The minimum atomic E-state index is -1.56. The van der Waals surface area contributed by atoms with Crippen molar-refractivity contribution in [1.29, 1.82) is 0 Å². The molecule has 2 aliphatic heterocycles. The van der Waals surface area contributed by atoms with Crippen molar-refractivity contribution in [3.63, 3.8) is 0 Å². The molecule has 2 atom stereocenters. The van der Waals surface area contributed by atoms with Crippen LogP contribution in [0.3, 0.4) is 0 Å². The van der Waals surface area contributed by atoms with Crippen molar-refractivity contribution in [3.8, 4) is 0 Å². The number of amides is 2. The summed E-state index contributed by atoms with van der Waals surface area (Å²) in [7, 11) is 0. The molecule has 2 fully saturated rings. The van der Waals surface area contributed by atoms with Gasteiger partial charge in [-0.3, -0.25) is 14.5 Å². The highest BCUT2D eigenvalue weighted by atomic mass is 32.2. The van der Waals surface area contributed by atoms with Crippen LogP contribution >= 0.6 is 23.3 Å². The van der Waals surface area contributed by atoms with Crippen LogP contribution in [0, 0.1) is 0 Å². The van der Waals surface area contributed by atoms with Gasteiger partial charge in [-0.05, 0) is 18.9 Å². The van der Waals surface area contributed by atoms with E-state index < -0.39 is 46.5 Å². The molecule has 3 aliphatic rings. The summed E-state index contributed by atoms with van der Waals surface area (Å²) in [5, 5.41) is 24.6. The SMILES string of the molecule is Nc1nc(C(=NOC2(C(=O)O)CCCC2)C(=O)NC2C(=O)N3C(C(=O)O)=CCS[C@H]23)ns1. The number of fused-ring (bicyclic) bond motifs is 1. The summed E-state index contributed by atoms with van der Waals surface area (Å²) in [6.45, 7) is 0. The highest BCUT2D eigenvalue weighted by Gasteiger charge is 2.53. The van der Waals surface area contributed by atoms with Crippen molar-refractivity contribution < 1.29 is 34.2 Å². The third kappa shape index (κ3) is 3.77. The molecule has 1 saturated carbocycles. The maximum Gasteiger partial charge on any atom is 0.352 e. The average molecular weight is 483 g/mol. The molecular formula is C17H18N6O7S2. The molecule has 1 aromatic heterocycles. The third-order valence-corrected chi connectivity index (χ3v) is 7.06. The molecule has 170 valence electrons. The Bertz CT molecular complexity index is 1050. The highest BCUT2D eigenvalue weighted by Crippen LogP contribution is 2.37. The number of thioether (sulfide) groups is 1. The van der Waals surface area contributed by atoms with E-state index in [0.717, 1.165) is 16.4 Å². The third-order valence-electron chi connectivity index (χ3n) is 5.33. The maximum absolute atomic E-state index is 13.0. The number of β-lactam (4-membered cyclic amide) rings is 1. The van der Waals surface area contributed by atoms with Crippen LogP contribution in [-0.2, 0) is 24.0 Å². The van der Waals surface area contributed by atoms with Gasteiger partial charge in [-0.2, -0.15) is 9.36 Å². The molecule has 15 heteroatoms. The number of nitrogens with one attached hydrogen (secondary N) is 1. The van der Waals surface area contributed by atoms with Crippen LogP contribution in [-0.4, -0.2) is 76.7 Å². The summed E-state index contributed by atoms with van der Waals surface area (Å²) in [5.41, 5.74) is 3.48. The summed E-state index contributed by atoms with van der Waals surface area (Å²) >= 11 is 2.10. The molecule has 1 saturated heterocycles. The molecule has 13 nitrogen and oxygen atoms in total. The number of carbonyl (C=O) groups is 4. The van der Waals surface area contributed by atoms with Gasteiger partial charge in [0, 0.05) is 30.1 Å². The lowest BCUT2D eigenvalue weighted by Crippen LogP contribution is -2.70. The fourth-order valence-electron chi connectivity index (χ4n) is 3.69. The normalized spacial score (nSPS) is 24.2. The van der Waals surface area contributed by atoms with Crippen LogP contribution in [0.4, 0.5) is 5.13 Å². The van der Waals surface area contributed by atoms with E-state index in [1.807, 2.05) is 0 Å². The average Bonchev–Trinajstić information content (AvgIpc) is 3.41. The first-order chi connectivity index (χ1) is 15.2. The molecule has 1 unspecified atom stereocenters. The van der Waals surface area contributed by atoms with Gasteiger partial charge in [-0.1, -0.05) is 5.16 Å². The van der Waals surface area contributed by atoms with Gasteiger partial charge >= 0.3 is 11.9 Å². The molecule has 0 spiro atoms. The van der Waals surface area contributed by atoms with Gasteiger partial charge in [0.05, 0.1) is 0 Å². The Morgan fingerprint density at radius 1 is 1.31 bits per heavy atom. The van der Waals surface area contributed by atoms with Crippen LogP contribution in [0.15, 0.2) is 16.9 Å². The summed E-state index contributed by atoms with van der Waals surface area (Å²) < 4.78 is 3.94. The van der Waals surface area contributed by atoms with E-state index in [0.29, 0.717) is 18.6 Å². The predicted molar refractivity (Wildman–Crippen MR) is 112 cm³/mol. The zero-order valence-electron chi connectivity index (χ0n) is 16.4. The van der Waals surface area contributed by atoms with Crippen molar-refractivity contribution in [2.24, 2.45) is 5.16 Å². The molecule has 0 aromatic carbocycles. The Kier molecular flexibility index (Phi) is 5.77. The van der Waals surface area contributed by atoms with Gasteiger partial charge in [-0.15, -0.1) is 11.8 Å². The van der Waals surface area contributed by atoms with Crippen LogP contribution in [0.5, 0.6) is 0 Å². The van der Waals surface area contributed by atoms with Crippen molar-refractivity contribution in [2.75, 3.05) is 11.5 Å². The Morgan fingerprint density at radius 2 is 2.03 bits per heavy atom. The topological polar surface area (TPSA) is 197 Å². The molecule has 1 aromatic rings. The second-order valence-electron chi connectivity index (χ2n) is 7.27. The zero-order chi connectivity index (χ0) is 23.0. The molecular weight excluding hydrogens is 464 g/mol. The number of carboxylic acids is 2. The largest absolute Gasteiger partial charge is 0.478 e. The van der Waals surface area contributed by atoms with E-state index in [1.165, 1.54) is 17.8 Å². The monoisotopic (exact) mass is 482 g/mol. The number of rotatable bonds is 7. The van der Waals surface area contributed by atoms with Gasteiger partial charge in [0.15, 0.2) is 5.13 Å². The Morgan fingerprint density at radius 3 is 2.62 bits per heavy atom. The van der Waals surface area contributed by atoms with Crippen LogP contribution in [0.1, 0.15) is 31.5 Å². The van der Waals surface area contributed by atoms with E-state index in [4.69, 9.17) is 10.6 Å². The zero-order valence-corrected chi connectivity index (χ0v) is 18.0. The number of anilines is 1. The minimum absolute atomic E-state index is 0.0549. The standard InChI is InChI=1S/C17H18N6O7S2/c18-16-20-10(22-32-16)8(21-30-17(15(28)29)4-1-2-5-17)11(24)19-9-12(25)23-7(14(26)27)3-6-31-13(9)23/h3,9,13H,1-2,4-6H2,(H,19,24)(H,26,27)(H,28,29)(H2,18,20,22)/t9?,13-/m1/s1. The second-order valence-corrected chi connectivity index (χ2v) is 9.20. The van der Waals surface area contributed by atoms with Gasteiger partial charge in [-0.25, -0.2) is 9.59 Å². The van der Waals surface area contributed by atoms with Gasteiger partial charge in [0.1, 0.15) is 17.1 Å². The maximum atomic E-state index is 13.0. The number of aromatic nitrogens is 2. The first kappa shape index (κ1) is 22.0. The van der Waals surface area contributed by atoms with Gasteiger partial charge in [0.2, 0.25) is 17.1 Å². The number of nitrogens with two attached hydrogens (primary N) is 1. The number of nitrogens with zero attached hydrogens (tertiary/aromatic N) is 4. The molecule has 0 bridgehead atoms. The number of aliphatic carboxylic acids is 2. The molecule has 5 N–H and O–H groups in total. The van der Waals surface area contributed by atoms with Crippen LogP contribution < -0.4 is 11.1 Å². The van der Waals surface area contributed by atoms with Gasteiger partial charge < -0.3 is 26.1 Å². The lowest BCUT2D eigenvalue weighted by atomic mass is 10.0. The van der Waals surface area contributed by atoms with Crippen molar-refractivity contribution in [3.05, 3.63) is 17.6 Å². The minimum Gasteiger partial charge on any atom is -0.478 e. The lowest BCUT2D eigenvalue weighted by molar-refractivity contribution is -0.165. The molecule has 4 rings (SSSR count). The Balaban J connectivity index is 1.55. The highest BCUT2D eigenvalue weighted by molar-refractivity contribution is 8.00. The van der Waals surface area contributed by atoms with Gasteiger partial charge in [0.25, 0.3) is 11.8 Å². The number of nitrogen functional groups attached to an aromatic ring is 1. The predicted octanol–water partition coefficient (Wildman–Crippen LogP) is -0.393. The fourth-order valence-corrected chi connectivity index (χ4v) is 5.32. The van der Waals surface area contributed by atoms with E-state index in [1.54, 1.807) is 0 Å². The van der Waals surface area contributed by atoms with Crippen molar-refractivity contribution >= 4 is 57.9 Å². The second kappa shape index (κ2) is 8.38. The number of hydrogen-bond donors (Lipinski definition) is 4. The van der Waals surface area contributed by atoms with E-state index >= 15 is 0 Å². The number of oxime groups is 1. The van der Waals surface area contributed by atoms with Crippen LogP contribution in [0.2, 0.25) is 0 Å². The van der Waals surface area contributed by atoms with E-state index in [9.17, 15) is 29.4 Å². The molecule has 3 heterocycles. The number of carboxylic acid groups (broad SMARTS) is 2. The number of hydrogen-bond acceptors (Lipinski definition) is 11. The van der Waals surface area contributed by atoms with E-state index in [2.05, 4.69) is 19.8 Å². The Hall–Kier alpha value is -3.20. The molecule has 0 radical (unpaired) electrons. The quantitative estimate of drug-likeness (QED) is 0.224. The Labute approximate surface area is 188 Å². The molecule has 2 amide bonds. The van der Waals surface area contributed by atoms with E-state index in [-0.39, 0.29) is 29.5 Å². The number of carbonyl (C=O) groups excluding carboxylic acids is 2. The summed E-state index contributed by atoms with van der Waals surface area (Å²) in [6, 6.07) is -1.00. The first-order valence-corrected chi connectivity index (χ1v) is 11.3. The first-order valence-electron chi connectivity index (χ1n) is 9.51. The lowest BCUT2D eigenvalue weighted by Gasteiger charge is -2.48. The smallest absolute Gasteiger partial charge is 0.352 e. The van der Waals surface area contributed by atoms with Crippen LogP contribution in [0.25, 0.3) is 0 Å².